The number of carbonyl (C=O) groups excluding carboxylic acids is 1. The summed E-state index contributed by atoms with van der Waals surface area (Å²) in [6.45, 7) is -0.438. The van der Waals surface area contributed by atoms with E-state index >= 15 is 0 Å². The number of aromatic nitrogens is 2. The molecule has 0 aromatic carbocycles. The van der Waals surface area contributed by atoms with Gasteiger partial charge in [0.1, 0.15) is 0 Å². The lowest BCUT2D eigenvalue weighted by Crippen LogP contribution is -2.36. The van der Waals surface area contributed by atoms with Gasteiger partial charge in [-0.2, -0.15) is 13.2 Å². The van der Waals surface area contributed by atoms with Crippen LogP contribution in [0, 0.1) is 0 Å². The summed E-state index contributed by atoms with van der Waals surface area (Å²) >= 11 is 5.84. The van der Waals surface area contributed by atoms with Gasteiger partial charge in [-0.25, -0.2) is 4.98 Å². The van der Waals surface area contributed by atoms with E-state index in [1.165, 1.54) is 11.1 Å². The maximum absolute atomic E-state index is 12.8. The number of hydrogen-bond acceptors (Lipinski definition) is 4. The average Bonchev–Trinajstić information content (AvgIpc) is 2.89. The van der Waals surface area contributed by atoms with Crippen molar-refractivity contribution >= 4 is 23.2 Å². The molecular weight excluding hydrogens is 351 g/mol. The minimum absolute atomic E-state index is 0.0474. The number of aliphatic hydroxyl groups is 2. The summed E-state index contributed by atoms with van der Waals surface area (Å²) in [6.07, 6.45) is -2.58. The second-order valence-electron chi connectivity index (χ2n) is 5.04. The average molecular weight is 366 g/mol. The Morgan fingerprint density at radius 3 is 2.42 bits per heavy atom. The largest absolute Gasteiger partial charge is 0.417 e. The molecule has 0 unspecified atom stereocenters. The third kappa shape index (κ3) is 4.16. The van der Waals surface area contributed by atoms with Gasteiger partial charge >= 0.3 is 6.18 Å². The Kier molecular flexibility index (Phi) is 5.68. The molecule has 0 saturated heterocycles. The van der Waals surface area contributed by atoms with E-state index in [4.69, 9.17) is 21.8 Å². The Labute approximate surface area is 140 Å². The Morgan fingerprint density at radius 1 is 1.25 bits per heavy atom. The smallest absolute Gasteiger partial charge is 0.395 e. The zero-order valence-corrected chi connectivity index (χ0v) is 13.2. The molecule has 0 spiro atoms. The maximum Gasteiger partial charge on any atom is 0.417 e. The summed E-state index contributed by atoms with van der Waals surface area (Å²) in [5.74, 6) is -0.409. The van der Waals surface area contributed by atoms with Crippen molar-refractivity contribution in [2.45, 2.75) is 12.6 Å². The molecule has 2 rings (SSSR count). The number of fused-ring (bicyclic) bond motifs is 1. The Morgan fingerprint density at radius 2 is 1.88 bits per heavy atom. The van der Waals surface area contributed by atoms with E-state index in [0.717, 1.165) is 16.7 Å². The Balaban J connectivity index is 2.27. The molecule has 2 heterocycles. The molecular formula is C14H15ClF3N3O3. The molecule has 0 aliphatic heterocycles. The lowest BCUT2D eigenvalue weighted by molar-refractivity contribution is -0.138. The minimum atomic E-state index is -4.54. The van der Waals surface area contributed by atoms with Crippen molar-refractivity contribution in [1.82, 2.24) is 14.3 Å². The molecule has 10 heteroatoms. The number of carbonyl (C=O) groups is 1. The lowest BCUT2D eigenvalue weighted by Gasteiger charge is -2.19. The first-order valence-corrected chi connectivity index (χ1v) is 7.38. The number of hydrogen-bond donors (Lipinski definition) is 2. The van der Waals surface area contributed by atoms with Gasteiger partial charge in [0.05, 0.1) is 35.9 Å². The molecule has 1 amide bonds. The van der Waals surface area contributed by atoms with Crippen LogP contribution in [0.25, 0.3) is 5.65 Å². The van der Waals surface area contributed by atoms with Gasteiger partial charge in [0.2, 0.25) is 5.91 Å². The van der Waals surface area contributed by atoms with Gasteiger partial charge in [-0.3, -0.25) is 4.79 Å². The van der Waals surface area contributed by atoms with E-state index < -0.39 is 17.6 Å². The highest BCUT2D eigenvalue weighted by atomic mass is 35.5. The number of aliphatic hydroxyl groups excluding tert-OH is 2. The van der Waals surface area contributed by atoms with Crippen LogP contribution < -0.4 is 0 Å². The first-order valence-electron chi connectivity index (χ1n) is 7.00. The van der Waals surface area contributed by atoms with Gasteiger partial charge in [0.25, 0.3) is 0 Å². The third-order valence-corrected chi connectivity index (χ3v) is 3.59. The number of halogens is 4. The van der Waals surface area contributed by atoms with E-state index in [1.807, 2.05) is 0 Å². The first-order chi connectivity index (χ1) is 11.3. The van der Waals surface area contributed by atoms with Crippen molar-refractivity contribution in [3.8, 4) is 0 Å². The van der Waals surface area contributed by atoms with Crippen LogP contribution in [-0.4, -0.2) is 56.7 Å². The van der Waals surface area contributed by atoms with Gasteiger partial charge in [-0.15, -0.1) is 0 Å². The summed E-state index contributed by atoms with van der Waals surface area (Å²) in [4.78, 5) is 17.4. The van der Waals surface area contributed by atoms with Crippen molar-refractivity contribution in [2.24, 2.45) is 0 Å². The Bertz CT molecular complexity index is 727. The topological polar surface area (TPSA) is 78.1 Å². The number of amides is 1. The normalized spacial score (nSPS) is 11.9. The fourth-order valence-corrected chi connectivity index (χ4v) is 2.47. The molecule has 2 aromatic rings. The van der Waals surface area contributed by atoms with Crippen molar-refractivity contribution in [3.63, 3.8) is 0 Å². The van der Waals surface area contributed by atoms with Crippen LogP contribution in [0.2, 0.25) is 5.02 Å². The van der Waals surface area contributed by atoms with Gasteiger partial charge in [0.15, 0.2) is 5.65 Å². The van der Waals surface area contributed by atoms with Crippen molar-refractivity contribution in [3.05, 3.63) is 34.7 Å². The zero-order valence-electron chi connectivity index (χ0n) is 12.4. The SMILES string of the molecule is O=C(Cc1cn2cc(C(F)(F)F)cc(Cl)c2n1)N(CCO)CCO. The van der Waals surface area contributed by atoms with Crippen LogP contribution in [0.4, 0.5) is 13.2 Å². The second kappa shape index (κ2) is 7.37. The van der Waals surface area contributed by atoms with E-state index in [1.54, 1.807) is 0 Å². The second-order valence-corrected chi connectivity index (χ2v) is 5.45. The number of alkyl halides is 3. The molecule has 0 atom stereocenters. The fourth-order valence-electron chi connectivity index (χ4n) is 2.22. The van der Waals surface area contributed by atoms with Gasteiger partial charge < -0.3 is 19.5 Å². The molecule has 0 aliphatic rings. The molecule has 0 radical (unpaired) electrons. The van der Waals surface area contributed by atoms with Crippen molar-refractivity contribution in [1.29, 1.82) is 0 Å². The predicted molar refractivity (Wildman–Crippen MR) is 79.7 cm³/mol. The Hall–Kier alpha value is -1.84. The molecule has 0 aliphatic carbocycles. The highest BCUT2D eigenvalue weighted by Gasteiger charge is 2.32. The maximum atomic E-state index is 12.8. The number of nitrogens with zero attached hydrogens (tertiary/aromatic N) is 3. The van der Waals surface area contributed by atoms with Crippen LogP contribution in [0.15, 0.2) is 18.5 Å². The van der Waals surface area contributed by atoms with Crippen molar-refractivity contribution in [2.75, 3.05) is 26.3 Å². The third-order valence-electron chi connectivity index (χ3n) is 3.31. The fraction of sp³-hybridized carbons (Fsp3) is 0.429. The monoisotopic (exact) mass is 365 g/mol. The molecule has 132 valence electrons. The quantitative estimate of drug-likeness (QED) is 0.810. The van der Waals surface area contributed by atoms with Crippen LogP contribution in [-0.2, 0) is 17.4 Å². The first kappa shape index (κ1) is 18.5. The molecule has 24 heavy (non-hydrogen) atoms. The van der Waals surface area contributed by atoms with Crippen LogP contribution in [0.1, 0.15) is 11.3 Å². The molecule has 0 saturated carbocycles. The summed E-state index contributed by atoms with van der Waals surface area (Å²) in [5.41, 5.74) is -0.567. The molecule has 0 fully saturated rings. The number of pyridine rings is 1. The summed E-state index contributed by atoms with van der Waals surface area (Å²) in [6, 6.07) is 0.777. The molecule has 2 aromatic heterocycles. The van der Waals surface area contributed by atoms with Gasteiger partial charge in [0, 0.05) is 25.5 Å². The van der Waals surface area contributed by atoms with Crippen LogP contribution in [0.3, 0.4) is 0 Å². The summed E-state index contributed by atoms with van der Waals surface area (Å²) in [5, 5.41) is 17.7. The van der Waals surface area contributed by atoms with E-state index in [-0.39, 0.29) is 49.1 Å². The minimum Gasteiger partial charge on any atom is -0.395 e. The van der Waals surface area contributed by atoms with E-state index in [2.05, 4.69) is 4.98 Å². The lowest BCUT2D eigenvalue weighted by atomic mass is 10.3. The van der Waals surface area contributed by atoms with Gasteiger partial charge in [-0.05, 0) is 6.07 Å². The molecule has 2 N–H and O–H groups in total. The summed E-state index contributed by atoms with van der Waals surface area (Å²) in [7, 11) is 0. The standard InChI is InChI=1S/C14H15ClF3N3O3/c15-11-5-9(14(16,17)18)7-21-8-10(19-13(11)21)6-12(24)20(1-3-22)2-4-23/h5,7-8,22-23H,1-4,6H2. The predicted octanol–water partition coefficient (Wildman–Crippen LogP) is 1.36. The van der Waals surface area contributed by atoms with Gasteiger partial charge in [-0.1, -0.05) is 11.6 Å². The van der Waals surface area contributed by atoms with E-state index in [9.17, 15) is 18.0 Å². The molecule has 6 nitrogen and oxygen atoms in total. The summed E-state index contributed by atoms with van der Waals surface area (Å²) < 4.78 is 39.5. The zero-order chi connectivity index (χ0) is 17.9. The van der Waals surface area contributed by atoms with Crippen LogP contribution >= 0.6 is 11.6 Å². The highest BCUT2D eigenvalue weighted by molar-refractivity contribution is 6.33. The van der Waals surface area contributed by atoms with Crippen LogP contribution in [0.5, 0.6) is 0 Å². The highest BCUT2D eigenvalue weighted by Crippen LogP contribution is 2.32. The molecule has 0 bridgehead atoms. The number of imidazole rings is 1. The number of rotatable bonds is 6. The van der Waals surface area contributed by atoms with Crippen molar-refractivity contribution < 1.29 is 28.2 Å². The van der Waals surface area contributed by atoms with E-state index in [0.29, 0.717) is 0 Å².